The van der Waals surface area contributed by atoms with Crippen LogP contribution in [-0.2, 0) is 4.74 Å². The first-order valence-corrected chi connectivity index (χ1v) is 6.10. The fourth-order valence-electron chi connectivity index (χ4n) is 2.13. The Kier molecular flexibility index (Phi) is 6.20. The minimum absolute atomic E-state index is 0.112. The van der Waals surface area contributed by atoms with Gasteiger partial charge >= 0.3 is 0 Å². The molecule has 0 heterocycles. The van der Waals surface area contributed by atoms with Gasteiger partial charge in [0.1, 0.15) is 0 Å². The second kappa shape index (κ2) is 7.24. The highest BCUT2D eigenvalue weighted by Gasteiger charge is 2.22. The third kappa shape index (κ3) is 4.43. The zero-order valence-corrected chi connectivity index (χ0v) is 9.37. The van der Waals surface area contributed by atoms with Gasteiger partial charge in [-0.3, -0.25) is 0 Å². The van der Waals surface area contributed by atoms with E-state index in [9.17, 15) is 5.11 Å². The van der Waals surface area contributed by atoms with Gasteiger partial charge in [0.15, 0.2) is 0 Å². The third-order valence-corrected chi connectivity index (χ3v) is 3.14. The summed E-state index contributed by atoms with van der Waals surface area (Å²) in [6.45, 7) is 3.75. The van der Waals surface area contributed by atoms with Crippen molar-refractivity contribution < 1.29 is 9.84 Å². The average molecular weight is 200 g/mol. The molecule has 1 aliphatic carbocycles. The number of hydrogen-bond donors (Lipinski definition) is 1. The van der Waals surface area contributed by atoms with Crippen LogP contribution >= 0.6 is 0 Å². The Morgan fingerprint density at radius 1 is 1.29 bits per heavy atom. The summed E-state index contributed by atoms with van der Waals surface area (Å²) in [5, 5.41) is 9.83. The van der Waals surface area contributed by atoms with E-state index in [1.54, 1.807) is 0 Å². The lowest BCUT2D eigenvalue weighted by atomic mass is 9.99. The molecule has 1 aliphatic rings. The van der Waals surface area contributed by atoms with Gasteiger partial charge in [-0.15, -0.1) is 0 Å². The van der Waals surface area contributed by atoms with Gasteiger partial charge in [-0.2, -0.15) is 0 Å². The SMILES string of the molecule is CCCCOCCC(O)C1CCCC1. The molecule has 14 heavy (non-hydrogen) atoms. The highest BCUT2D eigenvalue weighted by molar-refractivity contribution is 4.74. The minimum Gasteiger partial charge on any atom is -0.393 e. The van der Waals surface area contributed by atoms with Crippen molar-refractivity contribution in [1.82, 2.24) is 0 Å². The van der Waals surface area contributed by atoms with Crippen molar-refractivity contribution in [3.05, 3.63) is 0 Å². The molecule has 0 aromatic carbocycles. The van der Waals surface area contributed by atoms with Crippen LogP contribution in [0.5, 0.6) is 0 Å². The summed E-state index contributed by atoms with van der Waals surface area (Å²) in [5.74, 6) is 0.560. The zero-order chi connectivity index (χ0) is 10.2. The van der Waals surface area contributed by atoms with Crippen molar-refractivity contribution in [3.63, 3.8) is 0 Å². The lowest BCUT2D eigenvalue weighted by molar-refractivity contribution is 0.0515. The van der Waals surface area contributed by atoms with Crippen LogP contribution < -0.4 is 0 Å². The van der Waals surface area contributed by atoms with Crippen molar-refractivity contribution in [1.29, 1.82) is 0 Å². The van der Waals surface area contributed by atoms with Gasteiger partial charge in [0.05, 0.1) is 6.10 Å². The molecule has 2 heteroatoms. The average Bonchev–Trinajstić information content (AvgIpc) is 2.70. The third-order valence-electron chi connectivity index (χ3n) is 3.14. The van der Waals surface area contributed by atoms with Crippen LogP contribution in [0.4, 0.5) is 0 Å². The van der Waals surface area contributed by atoms with Gasteiger partial charge in [-0.1, -0.05) is 26.2 Å². The topological polar surface area (TPSA) is 29.5 Å². The number of hydrogen-bond acceptors (Lipinski definition) is 2. The Hall–Kier alpha value is -0.0800. The van der Waals surface area contributed by atoms with Crippen LogP contribution in [0, 0.1) is 5.92 Å². The molecule has 0 aromatic heterocycles. The van der Waals surface area contributed by atoms with E-state index >= 15 is 0 Å². The minimum atomic E-state index is -0.112. The first-order chi connectivity index (χ1) is 6.84. The van der Waals surface area contributed by atoms with Gasteiger partial charge in [0.2, 0.25) is 0 Å². The number of rotatable bonds is 7. The molecule has 0 bridgehead atoms. The highest BCUT2D eigenvalue weighted by Crippen LogP contribution is 2.28. The highest BCUT2D eigenvalue weighted by atomic mass is 16.5. The van der Waals surface area contributed by atoms with Crippen molar-refractivity contribution in [2.24, 2.45) is 5.92 Å². The van der Waals surface area contributed by atoms with E-state index in [1.165, 1.54) is 32.1 Å². The van der Waals surface area contributed by atoms with E-state index in [0.717, 1.165) is 26.1 Å². The smallest absolute Gasteiger partial charge is 0.0590 e. The van der Waals surface area contributed by atoms with Crippen molar-refractivity contribution in [3.8, 4) is 0 Å². The van der Waals surface area contributed by atoms with Gasteiger partial charge in [-0.25, -0.2) is 0 Å². The predicted molar refractivity (Wildman–Crippen MR) is 58.3 cm³/mol. The van der Waals surface area contributed by atoms with E-state index in [0.29, 0.717) is 5.92 Å². The molecular formula is C12H24O2. The number of ether oxygens (including phenoxy) is 1. The van der Waals surface area contributed by atoms with E-state index in [-0.39, 0.29) is 6.10 Å². The maximum Gasteiger partial charge on any atom is 0.0590 e. The molecule has 0 aromatic rings. The Labute approximate surface area is 87.7 Å². The molecule has 0 amide bonds. The van der Waals surface area contributed by atoms with E-state index in [4.69, 9.17) is 4.74 Å². The van der Waals surface area contributed by atoms with Crippen LogP contribution in [0.25, 0.3) is 0 Å². The predicted octanol–water partition coefficient (Wildman–Crippen LogP) is 2.74. The molecule has 1 saturated carbocycles. The molecule has 1 fully saturated rings. The molecular weight excluding hydrogens is 176 g/mol. The van der Waals surface area contributed by atoms with Crippen molar-refractivity contribution in [2.45, 2.75) is 58.0 Å². The van der Waals surface area contributed by atoms with Gasteiger partial charge in [-0.05, 0) is 31.6 Å². The Balaban J connectivity index is 1.94. The first kappa shape index (κ1) is 12.0. The second-order valence-electron chi connectivity index (χ2n) is 4.37. The first-order valence-electron chi connectivity index (χ1n) is 6.10. The quantitative estimate of drug-likeness (QED) is 0.640. The maximum absolute atomic E-state index is 9.83. The van der Waals surface area contributed by atoms with Gasteiger partial charge < -0.3 is 9.84 Å². The van der Waals surface area contributed by atoms with Gasteiger partial charge in [0.25, 0.3) is 0 Å². The second-order valence-corrected chi connectivity index (χ2v) is 4.37. The summed E-state index contributed by atoms with van der Waals surface area (Å²) in [6.07, 6.45) is 8.08. The number of unbranched alkanes of at least 4 members (excludes halogenated alkanes) is 1. The molecule has 2 nitrogen and oxygen atoms in total. The van der Waals surface area contributed by atoms with Crippen molar-refractivity contribution in [2.75, 3.05) is 13.2 Å². The lowest BCUT2D eigenvalue weighted by Gasteiger charge is -2.17. The molecule has 84 valence electrons. The lowest BCUT2D eigenvalue weighted by Crippen LogP contribution is -2.19. The Morgan fingerprint density at radius 3 is 2.64 bits per heavy atom. The molecule has 1 atom stereocenters. The van der Waals surface area contributed by atoms with Crippen molar-refractivity contribution >= 4 is 0 Å². The monoisotopic (exact) mass is 200 g/mol. The molecule has 1 N–H and O–H groups in total. The molecule has 0 spiro atoms. The summed E-state index contributed by atoms with van der Waals surface area (Å²) in [5.41, 5.74) is 0. The Bertz CT molecular complexity index is 130. The Morgan fingerprint density at radius 2 is 2.00 bits per heavy atom. The molecule has 0 aliphatic heterocycles. The van der Waals surface area contributed by atoms with Crippen LogP contribution in [0.3, 0.4) is 0 Å². The van der Waals surface area contributed by atoms with E-state index in [2.05, 4.69) is 6.92 Å². The number of aliphatic hydroxyl groups excluding tert-OH is 1. The van der Waals surface area contributed by atoms with E-state index < -0.39 is 0 Å². The standard InChI is InChI=1S/C12H24O2/c1-2-3-9-14-10-8-12(13)11-6-4-5-7-11/h11-13H,2-10H2,1H3. The molecule has 1 rings (SSSR count). The van der Waals surface area contributed by atoms with Crippen LogP contribution in [0.1, 0.15) is 51.9 Å². The van der Waals surface area contributed by atoms with E-state index in [1.807, 2.05) is 0 Å². The largest absolute Gasteiger partial charge is 0.393 e. The van der Waals surface area contributed by atoms with Crippen LogP contribution in [-0.4, -0.2) is 24.4 Å². The fourth-order valence-corrected chi connectivity index (χ4v) is 2.13. The summed E-state index contributed by atoms with van der Waals surface area (Å²) in [7, 11) is 0. The van der Waals surface area contributed by atoms with Crippen LogP contribution in [0.15, 0.2) is 0 Å². The number of aliphatic hydroxyl groups is 1. The summed E-state index contributed by atoms with van der Waals surface area (Å²) in [6, 6.07) is 0. The zero-order valence-electron chi connectivity index (χ0n) is 9.37. The maximum atomic E-state index is 9.83. The summed E-state index contributed by atoms with van der Waals surface area (Å²) in [4.78, 5) is 0. The van der Waals surface area contributed by atoms with Crippen LogP contribution in [0.2, 0.25) is 0 Å². The molecule has 1 unspecified atom stereocenters. The summed E-state index contributed by atoms with van der Waals surface area (Å²) < 4.78 is 5.44. The molecule has 0 radical (unpaired) electrons. The molecule has 0 saturated heterocycles. The summed E-state index contributed by atoms with van der Waals surface area (Å²) >= 11 is 0. The van der Waals surface area contributed by atoms with Gasteiger partial charge in [0, 0.05) is 13.2 Å². The normalized spacial score (nSPS) is 20.1. The fraction of sp³-hybridized carbons (Fsp3) is 1.00.